The van der Waals surface area contributed by atoms with Crippen LogP contribution in [0.1, 0.15) is 51.0 Å². The first kappa shape index (κ1) is 15.9. The predicted octanol–water partition coefficient (Wildman–Crippen LogP) is 4.23. The fourth-order valence-corrected chi connectivity index (χ4v) is 5.89. The number of urea groups is 1. The number of hydrogen-bond donors (Lipinski definition) is 2. The van der Waals surface area contributed by atoms with Gasteiger partial charge in [0.15, 0.2) is 0 Å². The number of hydrogen-bond acceptors (Lipinski definition) is 1. The molecule has 1 atom stereocenters. The van der Waals surface area contributed by atoms with E-state index in [4.69, 9.17) is 0 Å². The highest BCUT2D eigenvalue weighted by Gasteiger charge is 2.53. The molecule has 4 heteroatoms. The van der Waals surface area contributed by atoms with Crippen molar-refractivity contribution in [2.75, 3.05) is 0 Å². The maximum atomic E-state index is 12.9. The molecule has 4 aliphatic carbocycles. The lowest BCUT2D eigenvalue weighted by Gasteiger charge is -2.59. The van der Waals surface area contributed by atoms with Gasteiger partial charge in [-0.2, -0.15) is 0 Å². The van der Waals surface area contributed by atoms with Gasteiger partial charge in [-0.15, -0.1) is 0 Å². The summed E-state index contributed by atoms with van der Waals surface area (Å²) in [6.45, 7) is 2.62. The Morgan fingerprint density at radius 2 is 1.67 bits per heavy atom. The van der Waals surface area contributed by atoms with Crippen LogP contribution >= 0.6 is 0 Å². The molecule has 4 saturated carbocycles. The van der Waals surface area contributed by atoms with Crippen LogP contribution in [0, 0.1) is 29.0 Å². The van der Waals surface area contributed by atoms with Crippen LogP contribution in [0.5, 0.6) is 0 Å². The van der Waals surface area contributed by atoms with Crippen molar-refractivity contribution in [2.24, 2.45) is 23.2 Å². The molecule has 0 saturated heterocycles. The minimum Gasteiger partial charge on any atom is -0.335 e. The highest BCUT2D eigenvalue weighted by molar-refractivity contribution is 5.74. The maximum absolute atomic E-state index is 12.9. The minimum atomic E-state index is -0.251. The largest absolute Gasteiger partial charge is 0.335 e. The van der Waals surface area contributed by atoms with E-state index >= 15 is 0 Å². The van der Waals surface area contributed by atoms with Crippen molar-refractivity contribution in [1.82, 2.24) is 10.6 Å². The average Bonchev–Trinajstić information content (AvgIpc) is 2.53. The molecule has 130 valence electrons. The van der Waals surface area contributed by atoms with Crippen LogP contribution in [0.25, 0.3) is 0 Å². The van der Waals surface area contributed by atoms with Gasteiger partial charge in [0.25, 0.3) is 0 Å². The summed E-state index contributed by atoms with van der Waals surface area (Å²) >= 11 is 0. The Labute approximate surface area is 143 Å². The zero-order valence-electron chi connectivity index (χ0n) is 14.4. The first-order chi connectivity index (χ1) is 11.5. The standard InChI is InChI=1S/C20H27FN2O/c1-13(20-9-15-6-16(10-20)8-17(7-15)11-20)23-19(24)22-12-14-2-4-18(21)5-3-14/h2-5,13,15-17H,6-12H2,1H3,(H2,22,23,24). The Hall–Kier alpha value is -1.58. The summed E-state index contributed by atoms with van der Waals surface area (Å²) in [6, 6.07) is 6.37. The predicted molar refractivity (Wildman–Crippen MR) is 91.8 cm³/mol. The van der Waals surface area contributed by atoms with E-state index in [1.54, 1.807) is 12.1 Å². The lowest BCUT2D eigenvalue weighted by atomic mass is 9.48. The van der Waals surface area contributed by atoms with E-state index in [2.05, 4.69) is 17.6 Å². The summed E-state index contributed by atoms with van der Waals surface area (Å²) in [4.78, 5) is 12.3. The van der Waals surface area contributed by atoms with Crippen molar-refractivity contribution in [3.05, 3.63) is 35.6 Å². The first-order valence-electron chi connectivity index (χ1n) is 9.31. The average molecular weight is 330 g/mol. The summed E-state index contributed by atoms with van der Waals surface area (Å²) in [5.41, 5.74) is 1.23. The van der Waals surface area contributed by atoms with Gasteiger partial charge in [0, 0.05) is 12.6 Å². The molecule has 2 amide bonds. The molecule has 1 aromatic carbocycles. The Kier molecular flexibility index (Phi) is 4.01. The van der Waals surface area contributed by atoms with Crippen LogP contribution in [0.4, 0.5) is 9.18 Å². The van der Waals surface area contributed by atoms with Gasteiger partial charge >= 0.3 is 6.03 Å². The van der Waals surface area contributed by atoms with E-state index < -0.39 is 0 Å². The second kappa shape index (κ2) is 6.05. The number of carbonyl (C=O) groups is 1. The fourth-order valence-electron chi connectivity index (χ4n) is 5.89. The van der Waals surface area contributed by atoms with Crippen LogP contribution in [0.15, 0.2) is 24.3 Å². The molecule has 0 radical (unpaired) electrons. The molecule has 1 unspecified atom stereocenters. The Balaban J connectivity index is 1.33. The van der Waals surface area contributed by atoms with Gasteiger partial charge in [-0.1, -0.05) is 12.1 Å². The topological polar surface area (TPSA) is 41.1 Å². The molecule has 0 aromatic heterocycles. The number of nitrogens with one attached hydrogen (secondary N) is 2. The zero-order chi connectivity index (χ0) is 16.7. The summed E-state index contributed by atoms with van der Waals surface area (Å²) in [6.07, 6.45) is 8.13. The van der Waals surface area contributed by atoms with Crippen molar-refractivity contribution in [3.8, 4) is 0 Å². The van der Waals surface area contributed by atoms with E-state index in [0.717, 1.165) is 23.3 Å². The number of amides is 2. The summed E-state index contributed by atoms with van der Waals surface area (Å²) in [5.74, 6) is 2.42. The van der Waals surface area contributed by atoms with Crippen LogP contribution in [-0.2, 0) is 6.54 Å². The molecule has 24 heavy (non-hydrogen) atoms. The molecule has 3 nitrogen and oxygen atoms in total. The maximum Gasteiger partial charge on any atom is 0.315 e. The SMILES string of the molecule is CC(NC(=O)NCc1ccc(F)cc1)C12CC3CC(CC(C3)C1)C2. The molecule has 4 bridgehead atoms. The van der Waals surface area contributed by atoms with Crippen molar-refractivity contribution in [3.63, 3.8) is 0 Å². The van der Waals surface area contributed by atoms with E-state index in [9.17, 15) is 9.18 Å². The normalized spacial score (nSPS) is 34.8. The summed E-state index contributed by atoms with van der Waals surface area (Å²) in [7, 11) is 0. The van der Waals surface area contributed by atoms with Crippen LogP contribution < -0.4 is 10.6 Å². The van der Waals surface area contributed by atoms with Crippen molar-refractivity contribution < 1.29 is 9.18 Å². The molecule has 4 fully saturated rings. The van der Waals surface area contributed by atoms with E-state index in [0.29, 0.717) is 12.0 Å². The molecule has 2 N–H and O–H groups in total. The van der Waals surface area contributed by atoms with Gasteiger partial charge in [-0.05, 0) is 86.3 Å². The Morgan fingerprint density at radius 3 is 2.21 bits per heavy atom. The molecular weight excluding hydrogens is 303 g/mol. The first-order valence-corrected chi connectivity index (χ1v) is 9.31. The summed E-state index contributed by atoms with van der Waals surface area (Å²) in [5, 5.41) is 6.10. The number of rotatable bonds is 4. The van der Waals surface area contributed by atoms with Crippen LogP contribution in [-0.4, -0.2) is 12.1 Å². The highest BCUT2D eigenvalue weighted by atomic mass is 19.1. The third kappa shape index (κ3) is 3.03. The fraction of sp³-hybridized carbons (Fsp3) is 0.650. The summed E-state index contributed by atoms with van der Waals surface area (Å²) < 4.78 is 12.9. The quantitative estimate of drug-likeness (QED) is 0.852. The van der Waals surface area contributed by atoms with Gasteiger partial charge in [0.2, 0.25) is 0 Å². The van der Waals surface area contributed by atoms with Crippen molar-refractivity contribution >= 4 is 6.03 Å². The third-order valence-corrected chi connectivity index (χ3v) is 6.72. The van der Waals surface area contributed by atoms with Crippen LogP contribution in [0.2, 0.25) is 0 Å². The second-order valence-electron chi connectivity index (χ2n) is 8.46. The lowest BCUT2D eigenvalue weighted by Crippen LogP contribution is -2.57. The molecular formula is C20H27FN2O. The van der Waals surface area contributed by atoms with E-state index in [1.807, 2.05) is 0 Å². The molecule has 5 rings (SSSR count). The van der Waals surface area contributed by atoms with Crippen LogP contribution in [0.3, 0.4) is 0 Å². The monoisotopic (exact) mass is 330 g/mol. The van der Waals surface area contributed by atoms with E-state index in [1.165, 1.54) is 50.7 Å². The van der Waals surface area contributed by atoms with Gasteiger partial charge in [0.05, 0.1) is 0 Å². The molecule has 0 spiro atoms. The third-order valence-electron chi connectivity index (χ3n) is 6.72. The molecule has 0 heterocycles. The minimum absolute atomic E-state index is 0.109. The van der Waals surface area contributed by atoms with Gasteiger partial charge in [0.1, 0.15) is 5.82 Å². The Bertz CT molecular complexity index is 577. The van der Waals surface area contributed by atoms with Crippen molar-refractivity contribution in [1.29, 1.82) is 0 Å². The number of halogens is 1. The number of benzene rings is 1. The molecule has 4 aliphatic rings. The molecule has 0 aliphatic heterocycles. The smallest absolute Gasteiger partial charge is 0.315 e. The number of carbonyl (C=O) groups excluding carboxylic acids is 1. The van der Waals surface area contributed by atoms with Gasteiger partial charge < -0.3 is 10.6 Å². The Morgan fingerprint density at radius 1 is 1.12 bits per heavy atom. The highest BCUT2D eigenvalue weighted by Crippen LogP contribution is 2.61. The van der Waals surface area contributed by atoms with Gasteiger partial charge in [-0.3, -0.25) is 0 Å². The molecule has 1 aromatic rings. The lowest BCUT2D eigenvalue weighted by molar-refractivity contribution is -0.0682. The van der Waals surface area contributed by atoms with Crippen molar-refractivity contribution in [2.45, 2.75) is 58.0 Å². The second-order valence-corrected chi connectivity index (χ2v) is 8.46. The zero-order valence-corrected chi connectivity index (χ0v) is 14.4. The van der Waals surface area contributed by atoms with E-state index in [-0.39, 0.29) is 17.9 Å². The van der Waals surface area contributed by atoms with Gasteiger partial charge in [-0.25, -0.2) is 9.18 Å².